The molecular weight excluding hydrogens is 255 g/mol. The second kappa shape index (κ2) is 5.80. The Morgan fingerprint density at radius 3 is 2.85 bits per heavy atom. The first-order valence-electron chi connectivity index (χ1n) is 7.13. The fraction of sp³-hybridized carbons (Fsp3) is 0.562. The summed E-state index contributed by atoms with van der Waals surface area (Å²) in [5, 5.41) is 12.4. The highest BCUT2D eigenvalue weighted by Gasteiger charge is 2.51. The summed E-state index contributed by atoms with van der Waals surface area (Å²) in [6, 6.07) is 6.83. The third-order valence-corrected chi connectivity index (χ3v) is 4.57. The lowest BCUT2D eigenvalue weighted by Crippen LogP contribution is -2.59. The highest BCUT2D eigenvalue weighted by Crippen LogP contribution is 2.47. The third-order valence-electron chi connectivity index (χ3n) is 4.57. The van der Waals surface area contributed by atoms with Crippen LogP contribution in [-0.2, 0) is 4.74 Å². The van der Waals surface area contributed by atoms with E-state index in [1.807, 2.05) is 13.0 Å². The number of benzene rings is 1. The fourth-order valence-electron chi connectivity index (χ4n) is 2.92. The SMILES string of the molecule is CCOC1CC(Nc2cccc(F)c2C#N)C1(C)CC. The molecule has 1 aromatic carbocycles. The van der Waals surface area contributed by atoms with Gasteiger partial charge in [-0.25, -0.2) is 4.39 Å². The first-order valence-corrected chi connectivity index (χ1v) is 7.13. The lowest BCUT2D eigenvalue weighted by molar-refractivity contribution is -0.109. The number of hydrogen-bond acceptors (Lipinski definition) is 3. The van der Waals surface area contributed by atoms with Crippen LogP contribution in [0.2, 0.25) is 0 Å². The van der Waals surface area contributed by atoms with Crippen molar-refractivity contribution in [3.8, 4) is 6.07 Å². The zero-order valence-electron chi connectivity index (χ0n) is 12.2. The van der Waals surface area contributed by atoms with E-state index in [0.29, 0.717) is 12.3 Å². The average Bonchev–Trinajstić information content (AvgIpc) is 2.45. The van der Waals surface area contributed by atoms with E-state index < -0.39 is 5.82 Å². The molecule has 1 aliphatic rings. The van der Waals surface area contributed by atoms with E-state index in [1.165, 1.54) is 6.07 Å². The van der Waals surface area contributed by atoms with Gasteiger partial charge in [0.25, 0.3) is 0 Å². The Morgan fingerprint density at radius 1 is 1.50 bits per heavy atom. The molecule has 0 saturated heterocycles. The maximum absolute atomic E-state index is 13.6. The maximum Gasteiger partial charge on any atom is 0.143 e. The molecule has 0 bridgehead atoms. The van der Waals surface area contributed by atoms with Crippen LogP contribution in [0.1, 0.15) is 39.2 Å². The van der Waals surface area contributed by atoms with E-state index in [2.05, 4.69) is 19.2 Å². The number of halogens is 1. The van der Waals surface area contributed by atoms with Crippen LogP contribution >= 0.6 is 0 Å². The Hall–Kier alpha value is -1.60. The minimum atomic E-state index is -0.476. The monoisotopic (exact) mass is 276 g/mol. The molecule has 20 heavy (non-hydrogen) atoms. The molecule has 1 saturated carbocycles. The van der Waals surface area contributed by atoms with Crippen LogP contribution in [0.25, 0.3) is 0 Å². The van der Waals surface area contributed by atoms with Gasteiger partial charge in [-0.1, -0.05) is 19.9 Å². The van der Waals surface area contributed by atoms with Crippen molar-refractivity contribution in [2.75, 3.05) is 11.9 Å². The van der Waals surface area contributed by atoms with Crippen LogP contribution in [0.3, 0.4) is 0 Å². The van der Waals surface area contributed by atoms with Crippen molar-refractivity contribution < 1.29 is 9.13 Å². The lowest BCUT2D eigenvalue weighted by atomic mass is 9.61. The quantitative estimate of drug-likeness (QED) is 0.891. The number of anilines is 1. The van der Waals surface area contributed by atoms with Crippen LogP contribution in [0.4, 0.5) is 10.1 Å². The zero-order chi connectivity index (χ0) is 14.8. The van der Waals surface area contributed by atoms with E-state index in [-0.39, 0.29) is 23.1 Å². The summed E-state index contributed by atoms with van der Waals surface area (Å²) in [5.74, 6) is -0.476. The second-order valence-electron chi connectivity index (χ2n) is 5.51. The van der Waals surface area contributed by atoms with Gasteiger partial charge in [-0.3, -0.25) is 0 Å². The minimum Gasteiger partial charge on any atom is -0.380 e. The summed E-state index contributed by atoms with van der Waals surface area (Å²) in [5.41, 5.74) is 0.688. The second-order valence-corrected chi connectivity index (χ2v) is 5.51. The smallest absolute Gasteiger partial charge is 0.143 e. The van der Waals surface area contributed by atoms with Gasteiger partial charge < -0.3 is 10.1 Å². The van der Waals surface area contributed by atoms with E-state index in [4.69, 9.17) is 10.00 Å². The number of ether oxygens (including phenoxy) is 1. The van der Waals surface area contributed by atoms with Crippen molar-refractivity contribution in [1.82, 2.24) is 0 Å². The molecule has 0 amide bonds. The molecule has 3 unspecified atom stereocenters. The van der Waals surface area contributed by atoms with Crippen molar-refractivity contribution in [2.45, 2.75) is 45.8 Å². The molecule has 4 heteroatoms. The highest BCUT2D eigenvalue weighted by atomic mass is 19.1. The molecule has 0 heterocycles. The summed E-state index contributed by atoms with van der Waals surface area (Å²) in [6.07, 6.45) is 2.10. The van der Waals surface area contributed by atoms with Gasteiger partial charge in [0.1, 0.15) is 17.4 Å². The molecule has 3 atom stereocenters. The summed E-state index contributed by atoms with van der Waals surface area (Å²) >= 11 is 0. The number of rotatable bonds is 5. The number of nitriles is 1. The van der Waals surface area contributed by atoms with Crippen molar-refractivity contribution in [2.24, 2.45) is 5.41 Å². The van der Waals surface area contributed by atoms with Crippen molar-refractivity contribution in [1.29, 1.82) is 5.26 Å². The van der Waals surface area contributed by atoms with E-state index in [9.17, 15) is 4.39 Å². The van der Waals surface area contributed by atoms with E-state index >= 15 is 0 Å². The number of nitrogens with one attached hydrogen (secondary N) is 1. The third kappa shape index (κ3) is 2.38. The molecule has 0 spiro atoms. The number of nitrogens with zero attached hydrogens (tertiary/aromatic N) is 1. The molecule has 108 valence electrons. The van der Waals surface area contributed by atoms with Gasteiger partial charge in [-0.15, -0.1) is 0 Å². The molecule has 1 aromatic rings. The minimum absolute atomic E-state index is 0.0229. The normalized spacial score (nSPS) is 28.6. The van der Waals surface area contributed by atoms with Gasteiger partial charge in [-0.05, 0) is 31.9 Å². The topological polar surface area (TPSA) is 45.0 Å². The van der Waals surface area contributed by atoms with Crippen LogP contribution in [0.5, 0.6) is 0 Å². The molecule has 3 nitrogen and oxygen atoms in total. The largest absolute Gasteiger partial charge is 0.380 e. The summed E-state index contributed by atoms with van der Waals surface area (Å²) in [7, 11) is 0. The zero-order valence-corrected chi connectivity index (χ0v) is 12.2. The molecule has 1 fully saturated rings. The Labute approximate surface area is 119 Å². The predicted molar refractivity (Wildman–Crippen MR) is 77.0 cm³/mol. The van der Waals surface area contributed by atoms with Gasteiger partial charge in [-0.2, -0.15) is 5.26 Å². The molecule has 0 aliphatic heterocycles. The van der Waals surface area contributed by atoms with Crippen LogP contribution < -0.4 is 5.32 Å². The summed E-state index contributed by atoms with van der Waals surface area (Å²) < 4.78 is 19.4. The van der Waals surface area contributed by atoms with Crippen LogP contribution in [0, 0.1) is 22.6 Å². The summed E-state index contributed by atoms with van der Waals surface area (Å²) in [4.78, 5) is 0. The van der Waals surface area contributed by atoms with Crippen molar-refractivity contribution in [3.05, 3.63) is 29.6 Å². The van der Waals surface area contributed by atoms with Gasteiger partial charge in [0, 0.05) is 18.1 Å². The average molecular weight is 276 g/mol. The maximum atomic E-state index is 13.6. The fourth-order valence-corrected chi connectivity index (χ4v) is 2.92. The van der Waals surface area contributed by atoms with E-state index in [0.717, 1.165) is 12.8 Å². The Balaban J connectivity index is 2.16. The lowest BCUT2D eigenvalue weighted by Gasteiger charge is -2.54. The van der Waals surface area contributed by atoms with Crippen LogP contribution in [0.15, 0.2) is 18.2 Å². The molecule has 2 rings (SSSR count). The molecule has 0 radical (unpaired) electrons. The molecule has 0 aromatic heterocycles. The standard InChI is InChI=1S/C16H21FN2O/c1-4-16(3)14(9-15(16)20-5-2)19-13-8-6-7-12(17)11(13)10-18/h6-8,14-15,19H,4-5,9H2,1-3H3. The van der Waals surface area contributed by atoms with Gasteiger partial charge in [0.05, 0.1) is 11.8 Å². The molecule has 1 N–H and O–H groups in total. The van der Waals surface area contributed by atoms with Gasteiger partial charge in [0.15, 0.2) is 0 Å². The van der Waals surface area contributed by atoms with Crippen molar-refractivity contribution in [3.63, 3.8) is 0 Å². The van der Waals surface area contributed by atoms with Crippen molar-refractivity contribution >= 4 is 5.69 Å². The van der Waals surface area contributed by atoms with Gasteiger partial charge in [0.2, 0.25) is 0 Å². The first-order chi connectivity index (χ1) is 9.56. The van der Waals surface area contributed by atoms with Gasteiger partial charge >= 0.3 is 0 Å². The first kappa shape index (κ1) is 14.8. The highest BCUT2D eigenvalue weighted by molar-refractivity contribution is 5.59. The Bertz CT molecular complexity index is 526. The van der Waals surface area contributed by atoms with E-state index in [1.54, 1.807) is 12.1 Å². The Morgan fingerprint density at radius 2 is 2.25 bits per heavy atom. The molecule has 1 aliphatic carbocycles. The number of hydrogen-bond donors (Lipinski definition) is 1. The Kier molecular flexibility index (Phi) is 4.29. The summed E-state index contributed by atoms with van der Waals surface area (Å²) in [6.45, 7) is 7.02. The predicted octanol–water partition coefficient (Wildman–Crippen LogP) is 3.70. The molecular formula is C16H21FN2O. The van der Waals surface area contributed by atoms with Crippen LogP contribution in [-0.4, -0.2) is 18.8 Å².